The first-order valence-electron chi connectivity index (χ1n) is 10.1. The van der Waals surface area contributed by atoms with E-state index in [1.807, 2.05) is 36.2 Å². The molecule has 7 heteroatoms. The number of nitrogens with zero attached hydrogens (tertiary/aromatic N) is 5. The van der Waals surface area contributed by atoms with Gasteiger partial charge in [-0.25, -0.2) is 9.97 Å². The van der Waals surface area contributed by atoms with Crippen LogP contribution in [-0.4, -0.2) is 49.0 Å². The number of aromatic nitrogens is 5. The number of aromatic amines is 1. The summed E-state index contributed by atoms with van der Waals surface area (Å²) in [5.41, 5.74) is 4.54. The Morgan fingerprint density at radius 1 is 1.28 bits per heavy atom. The number of hydrogen-bond acceptors (Lipinski definition) is 5. The molecule has 1 amide bonds. The summed E-state index contributed by atoms with van der Waals surface area (Å²) in [6, 6.07) is 5.81. The maximum absolute atomic E-state index is 13.0. The van der Waals surface area contributed by atoms with Crippen LogP contribution >= 0.6 is 0 Å². The lowest BCUT2D eigenvalue weighted by Crippen LogP contribution is -2.39. The Bertz CT molecular complexity index is 998. The summed E-state index contributed by atoms with van der Waals surface area (Å²) in [7, 11) is 0. The molecule has 0 spiro atoms. The number of nitrogens with one attached hydrogen (secondary N) is 1. The Morgan fingerprint density at radius 3 is 2.79 bits per heavy atom. The number of likely N-dealkylation sites (tertiary alicyclic amines) is 1. The molecule has 0 bridgehead atoms. The van der Waals surface area contributed by atoms with E-state index in [2.05, 4.69) is 34.0 Å². The molecule has 29 heavy (non-hydrogen) atoms. The maximum atomic E-state index is 13.0. The van der Waals surface area contributed by atoms with Crippen LogP contribution in [0.5, 0.6) is 0 Å². The number of rotatable bonds is 4. The van der Waals surface area contributed by atoms with Crippen molar-refractivity contribution in [3.63, 3.8) is 0 Å². The Labute approximate surface area is 170 Å². The van der Waals surface area contributed by atoms with Gasteiger partial charge < -0.3 is 4.90 Å². The van der Waals surface area contributed by atoms with Crippen molar-refractivity contribution >= 4 is 5.91 Å². The first-order chi connectivity index (χ1) is 14.0. The minimum Gasteiger partial charge on any atom is -0.337 e. The van der Waals surface area contributed by atoms with E-state index in [1.165, 1.54) is 0 Å². The van der Waals surface area contributed by atoms with E-state index >= 15 is 0 Å². The minimum atomic E-state index is -0.0194. The summed E-state index contributed by atoms with van der Waals surface area (Å²) in [4.78, 5) is 28.2. The van der Waals surface area contributed by atoms with E-state index in [-0.39, 0.29) is 11.8 Å². The van der Waals surface area contributed by atoms with E-state index in [1.54, 1.807) is 12.4 Å². The van der Waals surface area contributed by atoms with Crippen molar-refractivity contribution in [1.82, 2.24) is 30.0 Å². The molecule has 0 aromatic carbocycles. The average Bonchev–Trinajstić information content (AvgIpc) is 3.24. The second-order valence-corrected chi connectivity index (χ2v) is 7.91. The highest BCUT2D eigenvalue weighted by molar-refractivity contribution is 5.92. The fourth-order valence-corrected chi connectivity index (χ4v) is 3.84. The third-order valence-electron chi connectivity index (χ3n) is 5.46. The number of carbonyl (C=O) groups excluding carboxylic acids is 1. The molecule has 0 saturated carbocycles. The molecule has 1 unspecified atom stereocenters. The first kappa shape index (κ1) is 19.2. The fourth-order valence-electron chi connectivity index (χ4n) is 3.84. The smallest absolute Gasteiger partial charge is 0.274 e. The van der Waals surface area contributed by atoms with Gasteiger partial charge in [0.05, 0.1) is 5.69 Å². The zero-order valence-electron chi connectivity index (χ0n) is 17.1. The normalized spacial score (nSPS) is 17.0. The monoisotopic (exact) mass is 390 g/mol. The Balaban J connectivity index is 1.60. The van der Waals surface area contributed by atoms with Crippen LogP contribution in [0, 0.1) is 6.92 Å². The average molecular weight is 390 g/mol. The number of carbonyl (C=O) groups is 1. The number of amides is 1. The predicted molar refractivity (Wildman–Crippen MR) is 111 cm³/mol. The highest BCUT2D eigenvalue weighted by Gasteiger charge is 2.29. The number of H-pyrrole nitrogens is 1. The molecule has 3 aromatic rings. The topological polar surface area (TPSA) is 87.7 Å². The SMILES string of the molecule is Cc1ncc(-c2ccncc2)c(C2CCCN(C(=O)c3cc(C(C)C)[nH]n3)C2)n1. The van der Waals surface area contributed by atoms with Crippen molar-refractivity contribution in [2.45, 2.75) is 45.4 Å². The molecule has 150 valence electrons. The van der Waals surface area contributed by atoms with Crippen LogP contribution < -0.4 is 0 Å². The van der Waals surface area contributed by atoms with Gasteiger partial charge in [0.15, 0.2) is 0 Å². The largest absolute Gasteiger partial charge is 0.337 e. The molecule has 1 atom stereocenters. The molecule has 1 aliphatic rings. The van der Waals surface area contributed by atoms with E-state index in [9.17, 15) is 4.79 Å². The third-order valence-corrected chi connectivity index (χ3v) is 5.46. The van der Waals surface area contributed by atoms with Gasteiger partial charge in [-0.3, -0.25) is 14.9 Å². The molecule has 0 aliphatic carbocycles. The Morgan fingerprint density at radius 2 is 2.07 bits per heavy atom. The summed E-state index contributed by atoms with van der Waals surface area (Å²) in [5, 5.41) is 7.22. The highest BCUT2D eigenvalue weighted by Crippen LogP contribution is 2.33. The summed E-state index contributed by atoms with van der Waals surface area (Å²) < 4.78 is 0. The van der Waals surface area contributed by atoms with Gasteiger partial charge in [0, 0.05) is 48.9 Å². The summed E-state index contributed by atoms with van der Waals surface area (Å²) in [6.45, 7) is 7.45. The minimum absolute atomic E-state index is 0.0194. The lowest BCUT2D eigenvalue weighted by molar-refractivity contribution is 0.0700. The maximum Gasteiger partial charge on any atom is 0.274 e. The molecule has 1 saturated heterocycles. The lowest BCUT2D eigenvalue weighted by atomic mass is 9.90. The van der Waals surface area contributed by atoms with Crippen molar-refractivity contribution < 1.29 is 4.79 Å². The number of hydrogen-bond donors (Lipinski definition) is 1. The third kappa shape index (κ3) is 4.04. The van der Waals surface area contributed by atoms with E-state index in [0.717, 1.165) is 47.7 Å². The number of aryl methyl sites for hydroxylation is 1. The van der Waals surface area contributed by atoms with Crippen LogP contribution in [0.3, 0.4) is 0 Å². The lowest BCUT2D eigenvalue weighted by Gasteiger charge is -2.33. The number of pyridine rings is 1. The van der Waals surface area contributed by atoms with E-state index in [0.29, 0.717) is 18.2 Å². The molecule has 1 aliphatic heterocycles. The van der Waals surface area contributed by atoms with Crippen LogP contribution in [0.4, 0.5) is 0 Å². The fraction of sp³-hybridized carbons (Fsp3) is 0.409. The van der Waals surface area contributed by atoms with Gasteiger partial charge in [-0.15, -0.1) is 0 Å². The molecule has 3 aromatic heterocycles. The van der Waals surface area contributed by atoms with Gasteiger partial charge in [0.25, 0.3) is 5.91 Å². The summed E-state index contributed by atoms with van der Waals surface area (Å²) in [6.07, 6.45) is 7.38. The van der Waals surface area contributed by atoms with Crippen LogP contribution in [0.25, 0.3) is 11.1 Å². The van der Waals surface area contributed by atoms with Gasteiger partial charge in [-0.05, 0) is 49.4 Å². The van der Waals surface area contributed by atoms with E-state index in [4.69, 9.17) is 4.98 Å². The standard InChI is InChI=1S/C22H26N6O/c1-14(2)19-11-20(27-26-19)22(29)28-10-4-5-17(13-28)21-18(12-24-15(3)25-21)16-6-8-23-9-7-16/h6-9,11-12,14,17H,4-5,10,13H2,1-3H3,(H,26,27). The molecule has 7 nitrogen and oxygen atoms in total. The van der Waals surface area contributed by atoms with Crippen molar-refractivity contribution in [3.8, 4) is 11.1 Å². The van der Waals surface area contributed by atoms with E-state index < -0.39 is 0 Å². The molecule has 4 rings (SSSR count). The second kappa shape index (κ2) is 8.11. The molecular formula is C22H26N6O. The summed E-state index contributed by atoms with van der Waals surface area (Å²) in [5.74, 6) is 1.20. The van der Waals surface area contributed by atoms with Crippen molar-refractivity contribution in [2.75, 3.05) is 13.1 Å². The molecular weight excluding hydrogens is 364 g/mol. The van der Waals surface area contributed by atoms with Gasteiger partial charge in [-0.1, -0.05) is 13.8 Å². The number of piperidine rings is 1. The van der Waals surface area contributed by atoms with Gasteiger partial charge >= 0.3 is 0 Å². The zero-order chi connectivity index (χ0) is 20.4. The van der Waals surface area contributed by atoms with Crippen molar-refractivity contribution in [3.05, 3.63) is 59.7 Å². The summed E-state index contributed by atoms with van der Waals surface area (Å²) >= 11 is 0. The van der Waals surface area contributed by atoms with Crippen molar-refractivity contribution in [1.29, 1.82) is 0 Å². The van der Waals surface area contributed by atoms with Crippen molar-refractivity contribution in [2.24, 2.45) is 0 Å². The quantitative estimate of drug-likeness (QED) is 0.734. The molecule has 1 N–H and O–H groups in total. The van der Waals surface area contributed by atoms with Gasteiger partial charge in [0.1, 0.15) is 11.5 Å². The van der Waals surface area contributed by atoms with Crippen LogP contribution in [0.15, 0.2) is 36.8 Å². The van der Waals surface area contributed by atoms with Gasteiger partial charge in [-0.2, -0.15) is 5.10 Å². The predicted octanol–water partition coefficient (Wildman–Crippen LogP) is 3.71. The van der Waals surface area contributed by atoms with Crippen LogP contribution in [0.2, 0.25) is 0 Å². The highest BCUT2D eigenvalue weighted by atomic mass is 16.2. The van der Waals surface area contributed by atoms with Gasteiger partial charge in [0.2, 0.25) is 0 Å². The first-order valence-corrected chi connectivity index (χ1v) is 10.1. The molecule has 1 fully saturated rings. The van der Waals surface area contributed by atoms with Crippen LogP contribution in [0.1, 0.15) is 66.2 Å². The molecule has 4 heterocycles. The van der Waals surface area contributed by atoms with Crippen LogP contribution in [-0.2, 0) is 0 Å². The second-order valence-electron chi connectivity index (χ2n) is 7.91. The zero-order valence-corrected chi connectivity index (χ0v) is 17.1. The molecule has 0 radical (unpaired) electrons. The Kier molecular flexibility index (Phi) is 5.38. The Hall–Kier alpha value is -3.09.